The Bertz CT molecular complexity index is 1640. The first-order valence-corrected chi connectivity index (χ1v) is 12.5. The molecule has 38 heavy (non-hydrogen) atoms. The lowest BCUT2D eigenvalue weighted by atomic mass is 10.0. The molecule has 0 saturated heterocycles. The van der Waals surface area contributed by atoms with Gasteiger partial charge in [-0.05, 0) is 48.9 Å². The van der Waals surface area contributed by atoms with E-state index in [2.05, 4.69) is 28.1 Å². The molecule has 0 radical (unpaired) electrons. The zero-order chi connectivity index (χ0) is 25.6. The molecule has 4 heterocycles. The number of hydrogen-bond donors (Lipinski definition) is 1. The van der Waals surface area contributed by atoms with Crippen LogP contribution in [0.5, 0.6) is 11.5 Å². The Labute approximate surface area is 219 Å². The molecule has 2 aliphatic rings. The number of para-hydroxylation sites is 1. The Balaban J connectivity index is 1.37. The molecule has 2 aromatic heterocycles. The minimum Gasteiger partial charge on any atom is -0.454 e. The monoisotopic (exact) mass is 503 g/mol. The van der Waals surface area contributed by atoms with Gasteiger partial charge in [-0.2, -0.15) is 5.10 Å². The van der Waals surface area contributed by atoms with E-state index in [1.54, 1.807) is 6.07 Å². The van der Waals surface area contributed by atoms with Crippen molar-refractivity contribution in [1.29, 1.82) is 0 Å². The highest BCUT2D eigenvalue weighted by molar-refractivity contribution is 5.90. The second kappa shape index (κ2) is 8.85. The van der Waals surface area contributed by atoms with Crippen LogP contribution in [0.4, 0.5) is 10.5 Å². The second-order valence-corrected chi connectivity index (χ2v) is 9.38. The van der Waals surface area contributed by atoms with E-state index in [-0.39, 0.29) is 18.9 Å². The highest BCUT2D eigenvalue weighted by Crippen LogP contribution is 2.39. The summed E-state index contributed by atoms with van der Waals surface area (Å²) in [6.45, 7) is 2.56. The molecular formula is C30H25N5O3. The molecule has 3 aromatic carbocycles. The summed E-state index contributed by atoms with van der Waals surface area (Å²) < 4.78 is 15.1. The highest BCUT2D eigenvalue weighted by Gasteiger charge is 2.36. The molecule has 2 aliphatic heterocycles. The average molecular weight is 504 g/mol. The third-order valence-corrected chi connectivity index (χ3v) is 7.09. The first-order valence-electron chi connectivity index (χ1n) is 12.5. The van der Waals surface area contributed by atoms with Gasteiger partial charge in [-0.15, -0.1) is 0 Å². The van der Waals surface area contributed by atoms with E-state index >= 15 is 0 Å². The van der Waals surface area contributed by atoms with Crippen molar-refractivity contribution in [2.45, 2.75) is 19.5 Å². The van der Waals surface area contributed by atoms with Crippen molar-refractivity contribution < 1.29 is 14.3 Å². The molecule has 8 nitrogen and oxygen atoms in total. The van der Waals surface area contributed by atoms with Crippen LogP contribution in [-0.2, 0) is 6.54 Å². The van der Waals surface area contributed by atoms with E-state index in [1.165, 1.54) is 0 Å². The molecular weight excluding hydrogens is 478 g/mol. The van der Waals surface area contributed by atoms with Crippen molar-refractivity contribution in [1.82, 2.24) is 19.2 Å². The molecule has 1 N–H and O–H groups in total. The van der Waals surface area contributed by atoms with Gasteiger partial charge in [0.1, 0.15) is 5.82 Å². The van der Waals surface area contributed by atoms with Crippen LogP contribution in [0.2, 0.25) is 0 Å². The molecule has 8 heteroatoms. The summed E-state index contributed by atoms with van der Waals surface area (Å²) in [7, 11) is 0. The maximum atomic E-state index is 14.0. The number of anilines is 1. The van der Waals surface area contributed by atoms with E-state index in [0.29, 0.717) is 23.7 Å². The molecule has 7 rings (SSSR count). The van der Waals surface area contributed by atoms with Crippen LogP contribution in [0.1, 0.15) is 28.6 Å². The molecule has 1 atom stereocenters. The Morgan fingerprint density at radius 2 is 1.68 bits per heavy atom. The number of amides is 2. The van der Waals surface area contributed by atoms with Gasteiger partial charge in [0.25, 0.3) is 0 Å². The maximum Gasteiger partial charge on any atom is 0.322 e. The zero-order valence-corrected chi connectivity index (χ0v) is 20.7. The predicted octanol–water partition coefficient (Wildman–Crippen LogP) is 5.84. The summed E-state index contributed by atoms with van der Waals surface area (Å²) in [5.74, 6) is 2.23. The summed E-state index contributed by atoms with van der Waals surface area (Å²) >= 11 is 0. The van der Waals surface area contributed by atoms with Crippen LogP contribution in [-0.4, -0.2) is 32.1 Å². The Morgan fingerprint density at radius 3 is 2.50 bits per heavy atom. The van der Waals surface area contributed by atoms with Crippen molar-refractivity contribution in [3.05, 3.63) is 120 Å². The lowest BCUT2D eigenvalue weighted by Crippen LogP contribution is -2.38. The zero-order valence-electron chi connectivity index (χ0n) is 20.7. The number of carbonyl (C=O) groups is 1. The number of ether oxygens (including phenoxy) is 2. The van der Waals surface area contributed by atoms with Gasteiger partial charge in [-0.1, -0.05) is 48.5 Å². The molecule has 0 spiro atoms. The number of aryl methyl sites for hydroxylation is 1. The van der Waals surface area contributed by atoms with Gasteiger partial charge in [0.05, 0.1) is 29.7 Å². The molecule has 188 valence electrons. The molecule has 0 aliphatic carbocycles. The Morgan fingerprint density at radius 1 is 0.921 bits per heavy atom. The molecule has 0 fully saturated rings. The number of fused-ring (bicyclic) bond motifs is 4. The first kappa shape index (κ1) is 22.2. The third-order valence-electron chi connectivity index (χ3n) is 7.09. The van der Waals surface area contributed by atoms with Gasteiger partial charge in [0.2, 0.25) is 6.79 Å². The molecule has 2 amide bonds. The Hall–Kier alpha value is -4.98. The topological polar surface area (TPSA) is 73.6 Å². The molecule has 5 aromatic rings. The quantitative estimate of drug-likeness (QED) is 0.336. The first-order chi connectivity index (χ1) is 18.7. The summed E-state index contributed by atoms with van der Waals surface area (Å²) in [6, 6.07) is 29.2. The Kier molecular flexibility index (Phi) is 5.18. The molecule has 0 saturated carbocycles. The van der Waals surface area contributed by atoms with Gasteiger partial charge in [0, 0.05) is 23.5 Å². The van der Waals surface area contributed by atoms with Crippen molar-refractivity contribution in [3.8, 4) is 23.0 Å². The van der Waals surface area contributed by atoms with Crippen molar-refractivity contribution in [2.24, 2.45) is 0 Å². The number of hydrogen-bond acceptors (Lipinski definition) is 4. The lowest BCUT2D eigenvalue weighted by molar-refractivity contribution is 0.174. The van der Waals surface area contributed by atoms with Crippen molar-refractivity contribution >= 4 is 11.7 Å². The maximum absolute atomic E-state index is 14.0. The molecule has 0 bridgehead atoms. The predicted molar refractivity (Wildman–Crippen MR) is 143 cm³/mol. The van der Waals surface area contributed by atoms with E-state index in [9.17, 15) is 4.79 Å². The fourth-order valence-corrected chi connectivity index (χ4v) is 5.30. The van der Waals surface area contributed by atoms with Crippen LogP contribution in [0.25, 0.3) is 11.5 Å². The van der Waals surface area contributed by atoms with Gasteiger partial charge in [0.15, 0.2) is 11.5 Å². The summed E-state index contributed by atoms with van der Waals surface area (Å²) in [5.41, 5.74) is 5.47. The van der Waals surface area contributed by atoms with Gasteiger partial charge in [-0.3, -0.25) is 0 Å². The van der Waals surface area contributed by atoms with E-state index in [4.69, 9.17) is 14.6 Å². The number of aromatic nitrogens is 3. The number of carbonyl (C=O) groups excluding carboxylic acids is 1. The largest absolute Gasteiger partial charge is 0.454 e. The second-order valence-electron chi connectivity index (χ2n) is 9.38. The number of benzene rings is 3. The number of nitrogens with one attached hydrogen (secondary N) is 1. The average Bonchev–Trinajstić information content (AvgIpc) is 3.66. The minimum atomic E-state index is -0.323. The van der Waals surface area contributed by atoms with Crippen LogP contribution < -0.4 is 14.8 Å². The third kappa shape index (κ3) is 3.61. The van der Waals surface area contributed by atoms with E-state index in [1.807, 2.05) is 89.4 Å². The number of urea groups is 1. The minimum absolute atomic E-state index is 0.180. The van der Waals surface area contributed by atoms with Crippen molar-refractivity contribution in [2.75, 3.05) is 12.1 Å². The highest BCUT2D eigenvalue weighted by atomic mass is 16.7. The van der Waals surface area contributed by atoms with E-state index in [0.717, 1.165) is 34.0 Å². The standard InChI is InChI=1S/C30H25N5O3/c1-20-24-18-34(30(36)31-22-14-15-26-27(17-22)38-19-37-26)28(21-9-4-2-5-10-21)25-13-8-16-33(25)29(24)35(32-20)23-11-6-3-7-12-23/h2-17,28H,18-19H2,1H3,(H,31,36). The summed E-state index contributed by atoms with van der Waals surface area (Å²) in [6.07, 6.45) is 2.05. The molecule has 1 unspecified atom stereocenters. The summed E-state index contributed by atoms with van der Waals surface area (Å²) in [4.78, 5) is 15.9. The number of nitrogens with zero attached hydrogens (tertiary/aromatic N) is 4. The fraction of sp³-hybridized carbons (Fsp3) is 0.133. The van der Waals surface area contributed by atoms with E-state index < -0.39 is 0 Å². The van der Waals surface area contributed by atoms with Gasteiger partial charge in [-0.25, -0.2) is 9.48 Å². The van der Waals surface area contributed by atoms with Gasteiger partial charge < -0.3 is 24.3 Å². The lowest BCUT2D eigenvalue weighted by Gasteiger charge is -2.31. The normalized spacial score (nSPS) is 15.5. The summed E-state index contributed by atoms with van der Waals surface area (Å²) in [5, 5.41) is 8.00. The van der Waals surface area contributed by atoms with Crippen LogP contribution in [0, 0.1) is 6.92 Å². The van der Waals surface area contributed by atoms with Crippen LogP contribution in [0.15, 0.2) is 97.2 Å². The van der Waals surface area contributed by atoms with Gasteiger partial charge >= 0.3 is 6.03 Å². The SMILES string of the molecule is Cc1nn(-c2ccccc2)c2c1CN(C(=O)Nc1ccc3c(c1)OCO3)C(c1ccccc1)c1cccn1-2. The van der Waals surface area contributed by atoms with Crippen molar-refractivity contribution in [3.63, 3.8) is 0 Å². The number of rotatable bonds is 3. The van der Waals surface area contributed by atoms with Crippen LogP contribution in [0.3, 0.4) is 0 Å². The van der Waals surface area contributed by atoms with Crippen LogP contribution >= 0.6 is 0 Å². The fourth-order valence-electron chi connectivity index (χ4n) is 5.30. The smallest absolute Gasteiger partial charge is 0.322 e.